The number of carbonyl (C=O) groups is 1. The van der Waals surface area contributed by atoms with Crippen molar-refractivity contribution in [3.05, 3.63) is 63.5 Å². The molecule has 1 atom stereocenters. The van der Waals surface area contributed by atoms with E-state index in [4.69, 9.17) is 16.6 Å². The molecule has 0 bridgehead atoms. The Balaban J connectivity index is 1.78. The normalized spacial score (nSPS) is 12.4. The molecule has 160 valence electrons. The summed E-state index contributed by atoms with van der Waals surface area (Å²) >= 11 is 8.94. The first-order chi connectivity index (χ1) is 15.0. The summed E-state index contributed by atoms with van der Waals surface area (Å²) in [4.78, 5) is 35.7. The van der Waals surface area contributed by atoms with E-state index in [1.165, 1.54) is 23.1 Å². The first-order valence-corrected chi connectivity index (χ1v) is 12.1. The highest BCUT2D eigenvalue weighted by atomic mass is 35.5. The lowest BCUT2D eigenvalue weighted by molar-refractivity contribution is -0.119. The summed E-state index contributed by atoms with van der Waals surface area (Å²) < 4.78 is 2.15. The second-order valence-corrected chi connectivity index (χ2v) is 9.53. The summed E-state index contributed by atoms with van der Waals surface area (Å²) in [6.45, 7) is 4.26. The van der Waals surface area contributed by atoms with Crippen LogP contribution in [-0.2, 0) is 11.3 Å². The third-order valence-corrected chi connectivity index (χ3v) is 7.39. The van der Waals surface area contributed by atoms with E-state index in [-0.39, 0.29) is 29.8 Å². The second kappa shape index (κ2) is 9.38. The molecule has 31 heavy (non-hydrogen) atoms. The highest BCUT2D eigenvalue weighted by molar-refractivity contribution is 7.99. The lowest BCUT2D eigenvalue weighted by atomic mass is 10.2. The van der Waals surface area contributed by atoms with Crippen LogP contribution in [0.1, 0.15) is 25.8 Å². The Bertz CT molecular complexity index is 1320. The van der Waals surface area contributed by atoms with Crippen molar-refractivity contribution >= 4 is 61.0 Å². The van der Waals surface area contributed by atoms with E-state index in [0.29, 0.717) is 20.4 Å². The van der Waals surface area contributed by atoms with E-state index in [2.05, 4.69) is 10.3 Å². The van der Waals surface area contributed by atoms with E-state index >= 15 is 0 Å². The molecule has 0 saturated carbocycles. The summed E-state index contributed by atoms with van der Waals surface area (Å²) in [6.07, 6.45) is 2.56. The average molecular weight is 473 g/mol. The number of carbonyl (C=O) groups excluding carboxylic acids is 1. The number of fused-ring (bicyclic) bond motifs is 3. The predicted octanol–water partition coefficient (Wildman–Crippen LogP) is 4.71. The van der Waals surface area contributed by atoms with Gasteiger partial charge in [-0.15, -0.1) is 11.3 Å². The fraction of sp³-hybridized carbons (Fsp3) is 0.273. The molecule has 0 fully saturated rings. The minimum Gasteiger partial charge on any atom is -0.353 e. The van der Waals surface area contributed by atoms with Crippen LogP contribution in [0.4, 0.5) is 0 Å². The maximum Gasteiger partial charge on any atom is 0.272 e. The van der Waals surface area contributed by atoms with Crippen molar-refractivity contribution in [1.29, 1.82) is 0 Å². The molecule has 0 aliphatic carbocycles. The summed E-state index contributed by atoms with van der Waals surface area (Å²) in [5, 5.41) is 4.86. The Morgan fingerprint density at radius 1 is 1.29 bits per heavy atom. The van der Waals surface area contributed by atoms with Gasteiger partial charge in [0.1, 0.15) is 9.53 Å². The molecule has 0 unspecified atom stereocenters. The van der Waals surface area contributed by atoms with Gasteiger partial charge in [0.05, 0.1) is 17.8 Å². The maximum atomic E-state index is 13.5. The van der Waals surface area contributed by atoms with Crippen LogP contribution in [0.2, 0.25) is 5.02 Å². The molecular formula is C22H21ClN4O2S2. The van der Waals surface area contributed by atoms with E-state index < -0.39 is 0 Å². The van der Waals surface area contributed by atoms with E-state index in [9.17, 15) is 9.59 Å². The van der Waals surface area contributed by atoms with Gasteiger partial charge in [0.15, 0.2) is 5.16 Å². The van der Waals surface area contributed by atoms with Crippen LogP contribution in [-0.4, -0.2) is 32.2 Å². The van der Waals surface area contributed by atoms with Crippen LogP contribution in [0.3, 0.4) is 0 Å². The Morgan fingerprint density at radius 3 is 2.87 bits per heavy atom. The second-order valence-electron chi connectivity index (χ2n) is 7.18. The van der Waals surface area contributed by atoms with Crippen molar-refractivity contribution in [3.63, 3.8) is 0 Å². The number of pyridine rings is 1. The smallest absolute Gasteiger partial charge is 0.272 e. The minimum atomic E-state index is -0.155. The molecule has 0 saturated heterocycles. The van der Waals surface area contributed by atoms with E-state index in [0.717, 1.165) is 22.2 Å². The molecular weight excluding hydrogens is 452 g/mol. The third-order valence-electron chi connectivity index (χ3n) is 4.96. The lowest BCUT2D eigenvalue weighted by Crippen LogP contribution is -2.33. The fourth-order valence-corrected chi connectivity index (χ4v) is 5.17. The van der Waals surface area contributed by atoms with Gasteiger partial charge in [0, 0.05) is 22.6 Å². The zero-order valence-corrected chi connectivity index (χ0v) is 19.5. The summed E-state index contributed by atoms with van der Waals surface area (Å²) in [5.74, 6) is 0.0836. The number of nitrogens with zero attached hydrogens (tertiary/aromatic N) is 3. The topological polar surface area (TPSA) is 76.9 Å². The monoisotopic (exact) mass is 472 g/mol. The number of hydrogen-bond donors (Lipinski definition) is 1. The van der Waals surface area contributed by atoms with Crippen LogP contribution in [0.15, 0.2) is 52.5 Å². The van der Waals surface area contributed by atoms with Gasteiger partial charge in [-0.25, -0.2) is 9.97 Å². The van der Waals surface area contributed by atoms with Crippen molar-refractivity contribution in [1.82, 2.24) is 19.9 Å². The number of amides is 1. The van der Waals surface area contributed by atoms with Crippen LogP contribution >= 0.6 is 34.7 Å². The molecule has 4 rings (SSSR count). The predicted molar refractivity (Wildman–Crippen MR) is 128 cm³/mol. The van der Waals surface area contributed by atoms with Gasteiger partial charge in [0.2, 0.25) is 5.91 Å². The molecule has 3 heterocycles. The van der Waals surface area contributed by atoms with Gasteiger partial charge in [-0.05, 0) is 37.1 Å². The Labute approximate surface area is 192 Å². The van der Waals surface area contributed by atoms with Gasteiger partial charge < -0.3 is 5.32 Å². The number of nitrogens with one attached hydrogen (secondary N) is 1. The molecule has 6 nitrogen and oxygen atoms in total. The zero-order valence-electron chi connectivity index (χ0n) is 17.1. The molecule has 1 amide bonds. The first-order valence-electron chi connectivity index (χ1n) is 9.91. The van der Waals surface area contributed by atoms with Crippen molar-refractivity contribution in [2.45, 2.75) is 38.0 Å². The summed E-state index contributed by atoms with van der Waals surface area (Å²) in [7, 11) is 0. The number of rotatable bonds is 7. The number of benzene rings is 1. The summed E-state index contributed by atoms with van der Waals surface area (Å²) in [6, 6.07) is 11.3. The molecule has 0 aliphatic heterocycles. The molecule has 0 spiro atoms. The van der Waals surface area contributed by atoms with Crippen molar-refractivity contribution in [3.8, 4) is 0 Å². The molecule has 1 N–H and O–H groups in total. The van der Waals surface area contributed by atoms with Crippen molar-refractivity contribution in [2.75, 3.05) is 5.75 Å². The molecule has 9 heteroatoms. The van der Waals surface area contributed by atoms with Gasteiger partial charge in [0.25, 0.3) is 5.56 Å². The van der Waals surface area contributed by atoms with E-state index in [1.54, 1.807) is 16.8 Å². The maximum absolute atomic E-state index is 13.5. The molecule has 0 radical (unpaired) electrons. The largest absolute Gasteiger partial charge is 0.353 e. The van der Waals surface area contributed by atoms with Crippen molar-refractivity contribution in [2.24, 2.45) is 0 Å². The molecule has 3 aromatic heterocycles. The highest BCUT2D eigenvalue weighted by Gasteiger charge is 2.19. The Kier molecular flexibility index (Phi) is 6.60. The van der Waals surface area contributed by atoms with Crippen LogP contribution in [0, 0.1) is 0 Å². The van der Waals surface area contributed by atoms with Gasteiger partial charge in [-0.2, -0.15) is 0 Å². The Morgan fingerprint density at radius 2 is 2.10 bits per heavy atom. The first kappa shape index (κ1) is 21.8. The lowest BCUT2D eigenvalue weighted by Gasteiger charge is -2.14. The number of thioether (sulfide) groups is 1. The number of hydrogen-bond acceptors (Lipinski definition) is 6. The third kappa shape index (κ3) is 4.61. The highest BCUT2D eigenvalue weighted by Crippen LogP contribution is 2.31. The zero-order chi connectivity index (χ0) is 22.0. The Hall–Kier alpha value is -2.42. The number of halogens is 1. The van der Waals surface area contributed by atoms with Crippen LogP contribution in [0.5, 0.6) is 0 Å². The number of aromatic nitrogens is 3. The standard InChI is InChI=1S/C22H21ClN4O2S2/c1-3-13(2)25-17(28)12-30-22-26-18-15-8-6-10-24-20(15)31-19(18)21(29)27(22)11-14-7-4-5-9-16(14)23/h4-10,13H,3,11-12H2,1-2H3,(H,25,28)/t13-/m1/s1. The summed E-state index contributed by atoms with van der Waals surface area (Å²) in [5.41, 5.74) is 1.29. The van der Waals surface area contributed by atoms with Gasteiger partial charge in [-0.1, -0.05) is 48.5 Å². The van der Waals surface area contributed by atoms with Gasteiger partial charge >= 0.3 is 0 Å². The minimum absolute atomic E-state index is 0.0881. The molecule has 0 aliphatic rings. The van der Waals surface area contributed by atoms with Crippen molar-refractivity contribution < 1.29 is 4.79 Å². The molecule has 4 aromatic rings. The van der Waals surface area contributed by atoms with E-state index in [1.807, 2.05) is 44.2 Å². The van der Waals surface area contributed by atoms with Gasteiger partial charge in [-0.3, -0.25) is 14.2 Å². The van der Waals surface area contributed by atoms with Crippen LogP contribution < -0.4 is 10.9 Å². The SMILES string of the molecule is CC[C@@H](C)NC(=O)CSc1nc2c(sc3ncccc32)c(=O)n1Cc1ccccc1Cl. The fourth-order valence-electron chi connectivity index (χ4n) is 3.14. The average Bonchev–Trinajstić information content (AvgIpc) is 3.14. The number of thiophene rings is 1. The quantitative estimate of drug-likeness (QED) is 0.311. The molecule has 1 aromatic carbocycles. The van der Waals surface area contributed by atoms with Crippen LogP contribution in [0.25, 0.3) is 20.4 Å².